The predicted molar refractivity (Wildman–Crippen MR) is 64.0 cm³/mol. The maximum Gasteiger partial charge on any atom is 0.271 e. The van der Waals surface area contributed by atoms with Gasteiger partial charge in [-0.3, -0.25) is 9.89 Å². The lowest BCUT2D eigenvalue weighted by molar-refractivity contribution is 0.0704. The first-order valence-corrected chi connectivity index (χ1v) is 5.67. The van der Waals surface area contributed by atoms with Gasteiger partial charge in [-0.2, -0.15) is 5.10 Å². The van der Waals surface area contributed by atoms with Crippen LogP contribution in [-0.4, -0.2) is 39.1 Å². The van der Waals surface area contributed by atoms with Crippen LogP contribution in [0, 0.1) is 5.92 Å². The molecule has 3 N–H and O–H groups in total. The second-order valence-electron chi connectivity index (χ2n) is 3.94. The number of amides is 1. The van der Waals surface area contributed by atoms with Gasteiger partial charge < -0.3 is 10.6 Å². The third-order valence-electron chi connectivity index (χ3n) is 2.92. The van der Waals surface area contributed by atoms with E-state index in [0.29, 0.717) is 23.8 Å². The fourth-order valence-corrected chi connectivity index (χ4v) is 2.15. The number of H-pyrrole nitrogens is 1. The molecule has 1 aromatic rings. The number of nitrogens with one attached hydrogen (secondary N) is 1. The number of hydrogen-bond acceptors (Lipinski definition) is 3. The number of nitrogens with two attached hydrogens (primary N) is 1. The molecule has 0 spiro atoms. The first kappa shape index (κ1) is 11.1. The highest BCUT2D eigenvalue weighted by molar-refractivity contribution is 7.80. The molecule has 1 fully saturated rings. The van der Waals surface area contributed by atoms with Crippen LogP contribution in [-0.2, 0) is 0 Å². The smallest absolute Gasteiger partial charge is 0.271 e. The van der Waals surface area contributed by atoms with Crippen molar-refractivity contribution in [3.63, 3.8) is 0 Å². The third-order valence-corrected chi connectivity index (χ3v) is 3.25. The lowest BCUT2D eigenvalue weighted by Crippen LogP contribution is -2.41. The van der Waals surface area contributed by atoms with Gasteiger partial charge in [0.15, 0.2) is 0 Å². The largest absolute Gasteiger partial charge is 0.393 e. The second kappa shape index (κ2) is 4.61. The fraction of sp³-hybridized carbons (Fsp3) is 0.500. The van der Waals surface area contributed by atoms with E-state index >= 15 is 0 Å². The van der Waals surface area contributed by atoms with E-state index in [1.54, 1.807) is 12.3 Å². The lowest BCUT2D eigenvalue weighted by atomic mass is 9.97. The molecule has 2 heterocycles. The van der Waals surface area contributed by atoms with Crippen molar-refractivity contribution >= 4 is 23.1 Å². The summed E-state index contributed by atoms with van der Waals surface area (Å²) >= 11 is 4.96. The molecule has 0 aromatic carbocycles. The van der Waals surface area contributed by atoms with E-state index in [9.17, 15) is 4.79 Å². The number of piperidine rings is 1. The molecule has 1 saturated heterocycles. The van der Waals surface area contributed by atoms with Crippen LogP contribution >= 0.6 is 12.2 Å². The van der Waals surface area contributed by atoms with Crippen molar-refractivity contribution in [1.29, 1.82) is 0 Å². The number of thiocarbonyl (C=S) groups is 1. The Hall–Kier alpha value is -1.43. The summed E-state index contributed by atoms with van der Waals surface area (Å²) in [6, 6.07) is 1.68. The molecule has 86 valence electrons. The summed E-state index contributed by atoms with van der Waals surface area (Å²) < 4.78 is 0. The maximum atomic E-state index is 11.9. The van der Waals surface area contributed by atoms with Crippen LogP contribution in [0.1, 0.15) is 23.3 Å². The number of hydrogen-bond donors (Lipinski definition) is 2. The molecule has 1 amide bonds. The lowest BCUT2D eigenvalue weighted by Gasteiger charge is -2.31. The standard InChI is InChI=1S/C10H14N4OS/c11-9(16)7-2-5-14(6-3-7)10(15)8-1-4-12-13-8/h1,4,7H,2-3,5-6H2,(H2,11,16)(H,12,13). The quantitative estimate of drug-likeness (QED) is 0.738. The molecule has 1 aliphatic heterocycles. The minimum atomic E-state index is -0.00103. The zero-order valence-electron chi connectivity index (χ0n) is 8.85. The molecule has 0 unspecified atom stereocenters. The van der Waals surface area contributed by atoms with E-state index < -0.39 is 0 Å². The van der Waals surface area contributed by atoms with Gasteiger partial charge >= 0.3 is 0 Å². The molecule has 1 aromatic heterocycles. The maximum absolute atomic E-state index is 11.9. The van der Waals surface area contributed by atoms with E-state index in [2.05, 4.69) is 10.2 Å². The average Bonchev–Trinajstić information content (AvgIpc) is 2.81. The third kappa shape index (κ3) is 2.21. The average molecular weight is 238 g/mol. The van der Waals surface area contributed by atoms with Crippen molar-refractivity contribution in [1.82, 2.24) is 15.1 Å². The summed E-state index contributed by atoms with van der Waals surface area (Å²) in [7, 11) is 0. The Bertz CT molecular complexity index is 382. The van der Waals surface area contributed by atoms with E-state index in [-0.39, 0.29) is 11.8 Å². The fourth-order valence-electron chi connectivity index (χ4n) is 1.91. The Morgan fingerprint density at radius 3 is 2.75 bits per heavy atom. The Labute approximate surface area is 99.0 Å². The van der Waals surface area contributed by atoms with Gasteiger partial charge in [0.2, 0.25) is 0 Å². The molecular weight excluding hydrogens is 224 g/mol. The van der Waals surface area contributed by atoms with Gasteiger partial charge in [-0.05, 0) is 18.9 Å². The zero-order valence-corrected chi connectivity index (χ0v) is 9.67. The van der Waals surface area contributed by atoms with Crippen LogP contribution in [0.3, 0.4) is 0 Å². The van der Waals surface area contributed by atoms with Crippen molar-refractivity contribution < 1.29 is 4.79 Å². The topological polar surface area (TPSA) is 75.0 Å². The Morgan fingerprint density at radius 2 is 2.25 bits per heavy atom. The summed E-state index contributed by atoms with van der Waals surface area (Å²) in [5.41, 5.74) is 6.13. The van der Waals surface area contributed by atoms with Gasteiger partial charge in [-0.25, -0.2) is 0 Å². The molecule has 0 saturated carbocycles. The van der Waals surface area contributed by atoms with Crippen molar-refractivity contribution in [3.05, 3.63) is 18.0 Å². The van der Waals surface area contributed by atoms with Crippen LogP contribution < -0.4 is 5.73 Å². The van der Waals surface area contributed by atoms with Crippen molar-refractivity contribution in [2.75, 3.05) is 13.1 Å². The van der Waals surface area contributed by atoms with Gasteiger partial charge in [0.05, 0.1) is 4.99 Å². The van der Waals surface area contributed by atoms with E-state index in [1.807, 2.05) is 4.90 Å². The van der Waals surface area contributed by atoms with Gasteiger partial charge in [0.1, 0.15) is 5.69 Å². The summed E-state index contributed by atoms with van der Waals surface area (Å²) in [6.45, 7) is 1.42. The highest BCUT2D eigenvalue weighted by atomic mass is 32.1. The Kier molecular flexibility index (Phi) is 3.19. The first-order valence-electron chi connectivity index (χ1n) is 5.26. The molecule has 6 heteroatoms. The number of rotatable bonds is 2. The normalized spacial score (nSPS) is 17.4. The van der Waals surface area contributed by atoms with Crippen LogP contribution in [0.25, 0.3) is 0 Å². The van der Waals surface area contributed by atoms with Crippen LogP contribution in [0.15, 0.2) is 12.3 Å². The van der Waals surface area contributed by atoms with Gasteiger partial charge in [0, 0.05) is 25.2 Å². The predicted octanol–water partition coefficient (Wildman–Crippen LogP) is 0.548. The van der Waals surface area contributed by atoms with E-state index in [4.69, 9.17) is 18.0 Å². The summed E-state index contributed by atoms with van der Waals surface area (Å²) in [6.07, 6.45) is 3.29. The number of carbonyl (C=O) groups excluding carboxylic acids is 1. The van der Waals surface area contributed by atoms with E-state index in [1.165, 1.54) is 0 Å². The molecule has 1 aliphatic rings. The highest BCUT2D eigenvalue weighted by Crippen LogP contribution is 2.18. The van der Waals surface area contributed by atoms with Crippen molar-refractivity contribution in [2.24, 2.45) is 11.7 Å². The second-order valence-corrected chi connectivity index (χ2v) is 4.41. The highest BCUT2D eigenvalue weighted by Gasteiger charge is 2.25. The van der Waals surface area contributed by atoms with Gasteiger partial charge in [-0.15, -0.1) is 0 Å². The number of aromatic amines is 1. The summed E-state index contributed by atoms with van der Waals surface area (Å²) in [5, 5.41) is 6.44. The number of likely N-dealkylation sites (tertiary alicyclic amines) is 1. The number of carbonyl (C=O) groups is 1. The van der Waals surface area contributed by atoms with Gasteiger partial charge in [0.25, 0.3) is 5.91 Å². The van der Waals surface area contributed by atoms with Crippen LogP contribution in [0.4, 0.5) is 0 Å². The molecule has 0 aliphatic carbocycles. The minimum absolute atomic E-state index is 0.00103. The number of aromatic nitrogens is 2. The number of nitrogens with zero attached hydrogens (tertiary/aromatic N) is 2. The molecule has 2 rings (SSSR count). The molecule has 5 nitrogen and oxygen atoms in total. The van der Waals surface area contributed by atoms with E-state index in [0.717, 1.165) is 12.8 Å². The molecule has 0 bridgehead atoms. The van der Waals surface area contributed by atoms with Crippen molar-refractivity contribution in [3.8, 4) is 0 Å². The van der Waals surface area contributed by atoms with Gasteiger partial charge in [-0.1, -0.05) is 12.2 Å². The first-order chi connectivity index (χ1) is 7.68. The Balaban J connectivity index is 1.94. The monoisotopic (exact) mass is 238 g/mol. The minimum Gasteiger partial charge on any atom is -0.393 e. The SMILES string of the molecule is NC(=S)C1CCN(C(=O)c2ccn[nH]2)CC1. The van der Waals surface area contributed by atoms with Crippen LogP contribution in [0.2, 0.25) is 0 Å². The van der Waals surface area contributed by atoms with Crippen molar-refractivity contribution in [2.45, 2.75) is 12.8 Å². The molecule has 0 radical (unpaired) electrons. The van der Waals surface area contributed by atoms with Crippen LogP contribution in [0.5, 0.6) is 0 Å². The molecule has 16 heavy (non-hydrogen) atoms. The summed E-state index contributed by atoms with van der Waals surface area (Å²) in [5.74, 6) is 0.278. The summed E-state index contributed by atoms with van der Waals surface area (Å²) in [4.78, 5) is 14.3. The zero-order chi connectivity index (χ0) is 11.5. The molecular formula is C10H14N4OS. The molecule has 0 atom stereocenters. The Morgan fingerprint density at radius 1 is 1.56 bits per heavy atom.